The minimum Gasteiger partial charge on any atom is -0.490 e. The Bertz CT molecular complexity index is 705. The highest BCUT2D eigenvalue weighted by Gasteiger charge is 2.18. The van der Waals surface area contributed by atoms with E-state index in [9.17, 15) is 14.9 Å². The third kappa shape index (κ3) is 2.71. The first-order valence-corrected chi connectivity index (χ1v) is 6.08. The van der Waals surface area contributed by atoms with Crippen molar-refractivity contribution in [2.75, 3.05) is 14.2 Å². The molecule has 0 fully saturated rings. The van der Waals surface area contributed by atoms with Gasteiger partial charge in [-0.3, -0.25) is 10.1 Å². The van der Waals surface area contributed by atoms with E-state index in [-0.39, 0.29) is 11.4 Å². The first-order valence-electron chi connectivity index (χ1n) is 6.08. The molecule has 0 atom stereocenters. The van der Waals surface area contributed by atoms with Gasteiger partial charge in [0.15, 0.2) is 5.75 Å². The molecule has 21 heavy (non-hydrogen) atoms. The second-order valence-corrected chi connectivity index (χ2v) is 4.36. The van der Waals surface area contributed by atoms with Crippen LogP contribution in [0, 0.1) is 17.0 Å². The number of nitrogens with zero attached hydrogens (tertiary/aromatic N) is 1. The van der Waals surface area contributed by atoms with Gasteiger partial charge in [-0.1, -0.05) is 0 Å². The molecule has 1 N–H and O–H groups in total. The number of aromatic nitrogens is 1. The maximum Gasteiger partial charge on any atom is 0.339 e. The summed E-state index contributed by atoms with van der Waals surface area (Å²) in [6.45, 7) is 1.75. The number of ether oxygens (including phenoxy) is 2. The van der Waals surface area contributed by atoms with E-state index in [0.29, 0.717) is 22.5 Å². The number of carbonyl (C=O) groups is 1. The molecule has 0 saturated carbocycles. The van der Waals surface area contributed by atoms with Crippen molar-refractivity contribution in [2.24, 2.45) is 0 Å². The van der Waals surface area contributed by atoms with Crippen LogP contribution in [0.3, 0.4) is 0 Å². The lowest BCUT2D eigenvalue weighted by Crippen LogP contribution is -2.00. The number of carbonyl (C=O) groups excluding carboxylic acids is 1. The topological polar surface area (TPSA) is 94.5 Å². The highest BCUT2D eigenvalue weighted by molar-refractivity contribution is 5.92. The summed E-state index contributed by atoms with van der Waals surface area (Å²) in [5.41, 5.74) is 2.30. The van der Waals surface area contributed by atoms with Crippen molar-refractivity contribution in [3.63, 3.8) is 0 Å². The average Bonchev–Trinajstić information content (AvgIpc) is 2.87. The van der Waals surface area contributed by atoms with Crippen LogP contribution in [-0.4, -0.2) is 30.1 Å². The summed E-state index contributed by atoms with van der Waals surface area (Å²) in [6, 6.07) is 6.14. The van der Waals surface area contributed by atoms with Crippen LogP contribution in [-0.2, 0) is 4.74 Å². The largest absolute Gasteiger partial charge is 0.490 e. The lowest BCUT2D eigenvalue weighted by atomic mass is 10.1. The van der Waals surface area contributed by atoms with E-state index in [4.69, 9.17) is 4.74 Å². The number of hydrogen-bond acceptors (Lipinski definition) is 5. The van der Waals surface area contributed by atoms with E-state index in [0.717, 1.165) is 0 Å². The van der Waals surface area contributed by atoms with Gasteiger partial charge in [0.2, 0.25) is 0 Å². The fourth-order valence-electron chi connectivity index (χ4n) is 2.03. The van der Waals surface area contributed by atoms with Crippen LogP contribution in [0.5, 0.6) is 5.75 Å². The SMILES string of the molecule is COC(=O)c1cc(-c2ccc([N+](=O)[O-])c(OC)c2)[nH]c1C. The van der Waals surface area contributed by atoms with Crippen molar-refractivity contribution in [3.8, 4) is 17.0 Å². The minimum absolute atomic E-state index is 0.113. The van der Waals surface area contributed by atoms with Crippen LogP contribution in [0.15, 0.2) is 24.3 Å². The Morgan fingerprint density at radius 2 is 2.00 bits per heavy atom. The van der Waals surface area contributed by atoms with Crippen LogP contribution in [0.25, 0.3) is 11.3 Å². The third-order valence-electron chi connectivity index (χ3n) is 3.11. The second kappa shape index (κ2) is 5.66. The molecule has 1 aromatic heterocycles. The smallest absolute Gasteiger partial charge is 0.339 e. The van der Waals surface area contributed by atoms with Gasteiger partial charge in [0.05, 0.1) is 24.7 Å². The molecule has 0 aliphatic rings. The number of rotatable bonds is 4. The zero-order valence-electron chi connectivity index (χ0n) is 11.8. The fourth-order valence-corrected chi connectivity index (χ4v) is 2.03. The van der Waals surface area contributed by atoms with Gasteiger partial charge in [-0.25, -0.2) is 4.79 Å². The molecule has 7 nitrogen and oxygen atoms in total. The summed E-state index contributed by atoms with van der Waals surface area (Å²) < 4.78 is 9.72. The number of nitro groups is 1. The summed E-state index contributed by atoms with van der Waals surface area (Å²) in [5.74, 6) is -0.284. The van der Waals surface area contributed by atoms with E-state index in [1.165, 1.54) is 20.3 Å². The van der Waals surface area contributed by atoms with Crippen molar-refractivity contribution >= 4 is 11.7 Å². The number of benzene rings is 1. The molecule has 0 aliphatic heterocycles. The third-order valence-corrected chi connectivity index (χ3v) is 3.11. The quantitative estimate of drug-likeness (QED) is 0.530. The first-order chi connectivity index (χ1) is 9.97. The molecular formula is C14H14N2O5. The molecule has 7 heteroatoms. The highest BCUT2D eigenvalue weighted by atomic mass is 16.6. The van der Waals surface area contributed by atoms with Gasteiger partial charge in [-0.05, 0) is 25.1 Å². The van der Waals surface area contributed by atoms with Gasteiger partial charge in [-0.2, -0.15) is 0 Å². The molecule has 1 heterocycles. The van der Waals surface area contributed by atoms with E-state index >= 15 is 0 Å². The standard InChI is InChI=1S/C14H14N2O5/c1-8-10(14(17)21-3)7-11(15-8)9-4-5-12(16(18)19)13(6-9)20-2/h4-7,15H,1-3H3. The van der Waals surface area contributed by atoms with E-state index in [1.807, 2.05) is 0 Å². The first kappa shape index (κ1) is 14.6. The molecule has 1 aromatic carbocycles. The highest BCUT2D eigenvalue weighted by Crippen LogP contribution is 2.32. The lowest BCUT2D eigenvalue weighted by Gasteiger charge is -2.04. The number of esters is 1. The van der Waals surface area contributed by atoms with Gasteiger partial charge in [0.1, 0.15) is 0 Å². The molecular weight excluding hydrogens is 276 g/mol. The van der Waals surface area contributed by atoms with Gasteiger partial charge < -0.3 is 14.5 Å². The molecule has 0 radical (unpaired) electrons. The van der Waals surface area contributed by atoms with E-state index in [2.05, 4.69) is 9.72 Å². The second-order valence-electron chi connectivity index (χ2n) is 4.36. The monoisotopic (exact) mass is 290 g/mol. The number of aromatic amines is 1. The number of hydrogen-bond donors (Lipinski definition) is 1. The van der Waals surface area contributed by atoms with Gasteiger partial charge in [0.25, 0.3) is 0 Å². The molecule has 2 rings (SSSR count). The van der Waals surface area contributed by atoms with Crippen LogP contribution < -0.4 is 4.74 Å². The fraction of sp³-hybridized carbons (Fsp3) is 0.214. The Morgan fingerprint density at radius 1 is 1.29 bits per heavy atom. The number of nitro benzene ring substituents is 1. The van der Waals surface area contributed by atoms with Crippen LogP contribution >= 0.6 is 0 Å². The van der Waals surface area contributed by atoms with Crippen molar-refractivity contribution in [2.45, 2.75) is 6.92 Å². The van der Waals surface area contributed by atoms with Crippen molar-refractivity contribution in [1.82, 2.24) is 4.98 Å². The Balaban J connectivity index is 2.48. The summed E-state index contributed by atoms with van der Waals surface area (Å²) in [4.78, 5) is 25.0. The Kier molecular flexibility index (Phi) is 3.93. The van der Waals surface area contributed by atoms with Crippen LogP contribution in [0.1, 0.15) is 16.1 Å². The van der Waals surface area contributed by atoms with Gasteiger partial charge in [-0.15, -0.1) is 0 Å². The van der Waals surface area contributed by atoms with Crippen molar-refractivity contribution < 1.29 is 19.2 Å². The predicted molar refractivity (Wildman–Crippen MR) is 75.5 cm³/mol. The Morgan fingerprint density at radius 3 is 2.57 bits per heavy atom. The Hall–Kier alpha value is -2.83. The number of nitrogens with one attached hydrogen (secondary N) is 1. The summed E-state index contributed by atoms with van der Waals surface area (Å²) in [7, 11) is 2.68. The molecule has 0 unspecified atom stereocenters. The Labute approximate surface area is 120 Å². The van der Waals surface area contributed by atoms with Gasteiger partial charge in [0, 0.05) is 23.0 Å². The molecule has 2 aromatic rings. The summed E-state index contributed by atoms with van der Waals surface area (Å²) in [5, 5.41) is 10.9. The maximum absolute atomic E-state index is 11.6. The number of methoxy groups -OCH3 is 2. The summed E-state index contributed by atoms with van der Waals surface area (Å²) >= 11 is 0. The van der Waals surface area contributed by atoms with Crippen LogP contribution in [0.2, 0.25) is 0 Å². The molecule has 0 amide bonds. The zero-order valence-corrected chi connectivity index (χ0v) is 11.8. The number of H-pyrrole nitrogens is 1. The predicted octanol–water partition coefficient (Wildman–Crippen LogP) is 2.69. The van der Waals surface area contributed by atoms with E-state index in [1.54, 1.807) is 25.1 Å². The molecule has 0 aliphatic carbocycles. The van der Waals surface area contributed by atoms with Crippen molar-refractivity contribution in [3.05, 3.63) is 45.6 Å². The minimum atomic E-state index is -0.511. The lowest BCUT2D eigenvalue weighted by molar-refractivity contribution is -0.385. The maximum atomic E-state index is 11.6. The molecule has 0 spiro atoms. The van der Waals surface area contributed by atoms with Crippen LogP contribution in [0.4, 0.5) is 5.69 Å². The molecule has 0 saturated heterocycles. The van der Waals surface area contributed by atoms with Crippen molar-refractivity contribution in [1.29, 1.82) is 0 Å². The normalized spacial score (nSPS) is 10.2. The molecule has 0 bridgehead atoms. The summed E-state index contributed by atoms with van der Waals surface area (Å²) in [6.07, 6.45) is 0. The zero-order chi connectivity index (χ0) is 15.6. The average molecular weight is 290 g/mol. The molecule has 110 valence electrons. The number of aryl methyl sites for hydroxylation is 1. The van der Waals surface area contributed by atoms with E-state index < -0.39 is 10.9 Å². The van der Waals surface area contributed by atoms with Gasteiger partial charge >= 0.3 is 11.7 Å².